The van der Waals surface area contributed by atoms with Crippen LogP contribution in [0.4, 0.5) is 5.69 Å². The van der Waals surface area contributed by atoms with Crippen LogP contribution in [0.25, 0.3) is 0 Å². The number of benzene rings is 1. The quantitative estimate of drug-likeness (QED) is 0.706. The van der Waals surface area contributed by atoms with Crippen LogP contribution in [0.5, 0.6) is 5.75 Å². The van der Waals surface area contributed by atoms with E-state index in [1.54, 1.807) is 37.2 Å². The number of anilines is 1. The molecule has 8 heteroatoms. The second kappa shape index (κ2) is 9.92. The van der Waals surface area contributed by atoms with E-state index < -0.39 is 6.04 Å². The summed E-state index contributed by atoms with van der Waals surface area (Å²) >= 11 is 0. The van der Waals surface area contributed by atoms with Gasteiger partial charge >= 0.3 is 0 Å². The van der Waals surface area contributed by atoms with E-state index in [0.29, 0.717) is 18.9 Å². The van der Waals surface area contributed by atoms with E-state index in [2.05, 4.69) is 15.7 Å². The highest BCUT2D eigenvalue weighted by atomic mass is 35.5. The number of nitrogens with zero attached hydrogens (tertiary/aromatic N) is 2. The summed E-state index contributed by atoms with van der Waals surface area (Å²) in [5.41, 5.74) is 1.52. The van der Waals surface area contributed by atoms with Crippen molar-refractivity contribution in [1.82, 2.24) is 15.1 Å². The van der Waals surface area contributed by atoms with Gasteiger partial charge in [-0.2, -0.15) is 5.10 Å². The number of aromatic nitrogens is 2. The van der Waals surface area contributed by atoms with Crippen LogP contribution in [0.3, 0.4) is 0 Å². The van der Waals surface area contributed by atoms with Gasteiger partial charge in [0.25, 0.3) is 0 Å². The zero-order valence-corrected chi connectivity index (χ0v) is 14.8. The first-order valence-electron chi connectivity index (χ1n) is 7.32. The van der Waals surface area contributed by atoms with Gasteiger partial charge in [-0.3, -0.25) is 9.48 Å². The number of methoxy groups -OCH3 is 1. The maximum atomic E-state index is 12.4. The van der Waals surface area contributed by atoms with Crippen molar-refractivity contribution >= 4 is 24.0 Å². The monoisotopic (exact) mass is 354 g/mol. The van der Waals surface area contributed by atoms with E-state index >= 15 is 0 Å². The fourth-order valence-electron chi connectivity index (χ4n) is 2.13. The molecule has 1 amide bonds. The molecule has 1 aromatic heterocycles. The average Bonchev–Trinajstić information content (AvgIpc) is 2.96. The number of hydrogen-bond acceptors (Lipinski definition) is 5. The average molecular weight is 355 g/mol. The fourth-order valence-corrected chi connectivity index (χ4v) is 2.13. The number of nitrogens with one attached hydrogen (secondary N) is 2. The van der Waals surface area contributed by atoms with Crippen LogP contribution in [0.1, 0.15) is 11.6 Å². The Morgan fingerprint density at radius 1 is 1.29 bits per heavy atom. The van der Waals surface area contributed by atoms with E-state index in [1.165, 1.54) is 0 Å². The highest BCUT2D eigenvalue weighted by molar-refractivity contribution is 5.95. The van der Waals surface area contributed by atoms with Crippen LogP contribution < -0.4 is 15.4 Å². The second-order valence-corrected chi connectivity index (χ2v) is 5.02. The van der Waals surface area contributed by atoms with E-state index in [1.807, 2.05) is 25.4 Å². The highest BCUT2D eigenvalue weighted by Crippen LogP contribution is 2.18. The molecule has 2 N–H and O–H groups in total. The van der Waals surface area contributed by atoms with Crippen molar-refractivity contribution in [2.45, 2.75) is 6.04 Å². The minimum Gasteiger partial charge on any atom is -0.491 e. The summed E-state index contributed by atoms with van der Waals surface area (Å²) in [5.74, 6) is 0.589. The molecule has 0 spiro atoms. The van der Waals surface area contributed by atoms with Crippen molar-refractivity contribution in [1.29, 1.82) is 0 Å². The van der Waals surface area contributed by atoms with E-state index in [0.717, 1.165) is 11.3 Å². The van der Waals surface area contributed by atoms with E-state index in [-0.39, 0.29) is 18.3 Å². The summed E-state index contributed by atoms with van der Waals surface area (Å²) in [6, 6.07) is 6.76. The lowest BCUT2D eigenvalue weighted by atomic mass is 10.1. The first kappa shape index (κ1) is 20.0. The minimum absolute atomic E-state index is 0. The Labute approximate surface area is 147 Å². The maximum absolute atomic E-state index is 12.4. The molecule has 0 saturated heterocycles. The number of hydrogen-bond donors (Lipinski definition) is 2. The minimum atomic E-state index is -0.457. The Hall–Kier alpha value is -2.09. The van der Waals surface area contributed by atoms with Gasteiger partial charge in [0.2, 0.25) is 5.91 Å². The summed E-state index contributed by atoms with van der Waals surface area (Å²) in [7, 11) is 5.18. The molecule has 132 valence electrons. The van der Waals surface area contributed by atoms with Crippen LogP contribution in [0, 0.1) is 0 Å². The van der Waals surface area contributed by atoms with Gasteiger partial charge in [-0.1, -0.05) is 0 Å². The molecule has 1 aromatic carbocycles. The summed E-state index contributed by atoms with van der Waals surface area (Å²) in [4.78, 5) is 12.4. The lowest BCUT2D eigenvalue weighted by Crippen LogP contribution is -2.30. The first-order chi connectivity index (χ1) is 11.1. The number of carbonyl (C=O) groups is 1. The molecule has 24 heavy (non-hydrogen) atoms. The Kier molecular flexibility index (Phi) is 8.25. The highest BCUT2D eigenvalue weighted by Gasteiger charge is 2.20. The Morgan fingerprint density at radius 3 is 2.54 bits per heavy atom. The van der Waals surface area contributed by atoms with Gasteiger partial charge in [0, 0.05) is 31.6 Å². The molecule has 0 saturated carbocycles. The van der Waals surface area contributed by atoms with Gasteiger partial charge in [-0.15, -0.1) is 12.4 Å². The number of aryl methyl sites for hydroxylation is 1. The van der Waals surface area contributed by atoms with Crippen LogP contribution in [0.2, 0.25) is 0 Å². The molecule has 0 aliphatic heterocycles. The molecular weight excluding hydrogens is 332 g/mol. The summed E-state index contributed by atoms with van der Waals surface area (Å²) in [6.07, 6.45) is 3.49. The number of ether oxygens (including phenoxy) is 2. The molecule has 0 fully saturated rings. The zero-order chi connectivity index (χ0) is 16.7. The molecule has 1 unspecified atom stereocenters. The SMILES string of the molecule is CNC(C(=O)Nc1ccc(OCCOC)cc1)c1cnn(C)c1.Cl. The number of rotatable bonds is 8. The number of carbonyl (C=O) groups excluding carboxylic acids is 1. The molecule has 0 aliphatic carbocycles. The largest absolute Gasteiger partial charge is 0.491 e. The Balaban J connectivity index is 0.00000288. The standard InChI is InChI=1S/C16H22N4O3.ClH/c1-17-15(12-10-18-20(2)11-12)16(21)19-13-4-6-14(7-5-13)23-9-8-22-3;/h4-7,10-11,15,17H,8-9H2,1-3H3,(H,19,21);1H. The molecule has 1 heterocycles. The van der Waals surface area contributed by atoms with Crippen molar-refractivity contribution < 1.29 is 14.3 Å². The van der Waals surface area contributed by atoms with Gasteiger partial charge < -0.3 is 20.1 Å². The van der Waals surface area contributed by atoms with Gasteiger partial charge in [0.05, 0.1) is 12.8 Å². The molecule has 1 atom stereocenters. The van der Waals surface area contributed by atoms with Crippen molar-refractivity contribution in [3.63, 3.8) is 0 Å². The molecular formula is C16H23ClN4O3. The van der Waals surface area contributed by atoms with Crippen molar-refractivity contribution in [3.05, 3.63) is 42.2 Å². The fraction of sp³-hybridized carbons (Fsp3) is 0.375. The zero-order valence-electron chi connectivity index (χ0n) is 14.0. The van der Waals surface area contributed by atoms with Crippen LogP contribution >= 0.6 is 12.4 Å². The van der Waals surface area contributed by atoms with Crippen LogP contribution in [0.15, 0.2) is 36.7 Å². The Morgan fingerprint density at radius 2 is 2.00 bits per heavy atom. The lowest BCUT2D eigenvalue weighted by molar-refractivity contribution is -0.118. The normalized spacial score (nSPS) is 11.5. The van der Waals surface area contributed by atoms with Crippen molar-refractivity contribution in [3.8, 4) is 5.75 Å². The molecule has 2 aromatic rings. The summed E-state index contributed by atoms with van der Waals surface area (Å²) in [6.45, 7) is 1.03. The maximum Gasteiger partial charge on any atom is 0.246 e. The van der Waals surface area contributed by atoms with Gasteiger partial charge in [-0.05, 0) is 31.3 Å². The van der Waals surface area contributed by atoms with E-state index in [4.69, 9.17) is 9.47 Å². The van der Waals surface area contributed by atoms with Gasteiger partial charge in [0.1, 0.15) is 18.4 Å². The third-order valence-corrected chi connectivity index (χ3v) is 3.29. The topological polar surface area (TPSA) is 77.4 Å². The third kappa shape index (κ3) is 5.52. The molecule has 0 bridgehead atoms. The number of likely N-dealkylation sites (N-methyl/N-ethyl adjacent to an activating group) is 1. The first-order valence-corrected chi connectivity index (χ1v) is 7.32. The molecule has 0 radical (unpaired) electrons. The predicted octanol–water partition coefficient (Wildman–Crippen LogP) is 1.77. The van der Waals surface area contributed by atoms with Crippen LogP contribution in [-0.4, -0.2) is 43.1 Å². The Bertz CT molecular complexity index is 631. The second-order valence-electron chi connectivity index (χ2n) is 5.02. The molecule has 2 rings (SSSR count). The van der Waals surface area contributed by atoms with Gasteiger partial charge in [-0.25, -0.2) is 0 Å². The lowest BCUT2D eigenvalue weighted by Gasteiger charge is -2.15. The van der Waals surface area contributed by atoms with Crippen molar-refractivity contribution in [2.75, 3.05) is 32.7 Å². The third-order valence-electron chi connectivity index (χ3n) is 3.29. The van der Waals surface area contributed by atoms with E-state index in [9.17, 15) is 4.79 Å². The van der Waals surface area contributed by atoms with Gasteiger partial charge in [0.15, 0.2) is 0 Å². The predicted molar refractivity (Wildman–Crippen MR) is 94.7 cm³/mol. The molecule has 7 nitrogen and oxygen atoms in total. The van der Waals surface area contributed by atoms with Crippen molar-refractivity contribution in [2.24, 2.45) is 7.05 Å². The number of halogens is 1. The van der Waals surface area contributed by atoms with Crippen LogP contribution in [-0.2, 0) is 16.6 Å². The molecule has 0 aliphatic rings. The summed E-state index contributed by atoms with van der Waals surface area (Å²) in [5, 5.41) is 9.96. The number of amides is 1. The smallest absolute Gasteiger partial charge is 0.246 e. The summed E-state index contributed by atoms with van der Waals surface area (Å²) < 4.78 is 12.1.